The molecule has 4 heteroatoms. The van der Waals surface area contributed by atoms with E-state index in [2.05, 4.69) is 4.81 Å². The molecule has 0 aliphatic rings. The maximum Gasteiger partial charge on any atom is 0.381 e. The van der Waals surface area contributed by atoms with E-state index in [9.17, 15) is 0 Å². The lowest BCUT2D eigenvalue weighted by Gasteiger charge is -2.11. The maximum atomic E-state index is 8.13. The third-order valence-electron chi connectivity index (χ3n) is 1.60. The van der Waals surface area contributed by atoms with Crippen LogP contribution < -0.4 is 10.4 Å². The summed E-state index contributed by atoms with van der Waals surface area (Å²) in [6.45, 7) is 0. The molecule has 63 valence electrons. The molecule has 1 radical (unpaired) electrons. The molecule has 1 aromatic rings. The van der Waals surface area contributed by atoms with Crippen molar-refractivity contribution in [3.8, 4) is 0 Å². The van der Waals surface area contributed by atoms with Crippen molar-refractivity contribution in [2.75, 3.05) is 19.0 Å². The van der Waals surface area contributed by atoms with Gasteiger partial charge in [0.1, 0.15) is 0 Å². The van der Waals surface area contributed by atoms with E-state index in [-0.39, 0.29) is 0 Å². The highest BCUT2D eigenvalue weighted by molar-refractivity contribution is 6.46. The fraction of sp³-hybridized carbons (Fsp3) is 0.250. The Morgan fingerprint density at radius 1 is 1.25 bits per heavy atom. The van der Waals surface area contributed by atoms with E-state index in [1.807, 2.05) is 43.3 Å². The van der Waals surface area contributed by atoms with Gasteiger partial charge in [0.15, 0.2) is 0 Å². The molecule has 0 aromatic heterocycles. The summed E-state index contributed by atoms with van der Waals surface area (Å²) in [5.74, 6) is 0. The zero-order chi connectivity index (χ0) is 8.97. The smallest absolute Gasteiger partial charge is 0.378 e. The van der Waals surface area contributed by atoms with Gasteiger partial charge in [0.2, 0.25) is 0 Å². The summed E-state index contributed by atoms with van der Waals surface area (Å²) in [6, 6.07) is 7.63. The second-order valence-corrected chi connectivity index (χ2v) is 2.71. The highest BCUT2D eigenvalue weighted by Crippen LogP contribution is 2.06. The molecule has 0 aliphatic heterocycles. The second kappa shape index (κ2) is 4.14. The molecule has 1 N–H and O–H groups in total. The summed E-state index contributed by atoms with van der Waals surface area (Å²) >= 11 is 0. The van der Waals surface area contributed by atoms with Crippen LogP contribution in [0.3, 0.4) is 0 Å². The van der Waals surface area contributed by atoms with Gasteiger partial charge in [-0.25, -0.2) is 0 Å². The molecule has 1 rings (SSSR count). The number of nitrogens with zero attached hydrogens (tertiary/aromatic N) is 1. The van der Waals surface area contributed by atoms with Crippen molar-refractivity contribution in [3.05, 3.63) is 24.3 Å². The molecular formula is C8H11BNO2. The lowest BCUT2D eigenvalue weighted by Crippen LogP contribution is -2.17. The molecule has 0 unspecified atom stereocenters. The third-order valence-corrected chi connectivity index (χ3v) is 1.60. The summed E-state index contributed by atoms with van der Waals surface area (Å²) in [5.41, 5.74) is 1.95. The molecule has 0 bridgehead atoms. The fourth-order valence-electron chi connectivity index (χ4n) is 0.912. The van der Waals surface area contributed by atoms with Gasteiger partial charge in [-0.2, -0.15) is 0 Å². The molecule has 0 saturated heterocycles. The van der Waals surface area contributed by atoms with E-state index in [1.165, 1.54) is 7.48 Å². The number of hydrogen-bond acceptors (Lipinski definition) is 3. The van der Waals surface area contributed by atoms with Crippen LogP contribution in [0.2, 0.25) is 0 Å². The van der Waals surface area contributed by atoms with Crippen LogP contribution in [0.5, 0.6) is 0 Å². The fourth-order valence-corrected chi connectivity index (χ4v) is 0.912. The average molecular weight is 164 g/mol. The van der Waals surface area contributed by atoms with Crippen molar-refractivity contribution in [1.82, 2.24) is 0 Å². The molecule has 0 saturated carbocycles. The first-order valence-corrected chi connectivity index (χ1v) is 3.65. The van der Waals surface area contributed by atoms with Crippen molar-refractivity contribution >= 4 is 18.6 Å². The van der Waals surface area contributed by atoms with Gasteiger partial charge in [0.25, 0.3) is 0 Å². The highest BCUT2D eigenvalue weighted by atomic mass is 17.1. The Morgan fingerprint density at radius 2 is 1.83 bits per heavy atom. The van der Waals surface area contributed by atoms with Crippen LogP contribution in [0.15, 0.2) is 24.3 Å². The van der Waals surface area contributed by atoms with E-state index < -0.39 is 0 Å². The van der Waals surface area contributed by atoms with Gasteiger partial charge in [-0.05, 0) is 17.6 Å². The molecule has 1 aromatic carbocycles. The highest BCUT2D eigenvalue weighted by Gasteiger charge is 1.97. The first-order valence-electron chi connectivity index (χ1n) is 3.65. The van der Waals surface area contributed by atoms with Crippen LogP contribution in [0.25, 0.3) is 0 Å². The third kappa shape index (κ3) is 2.25. The summed E-state index contributed by atoms with van der Waals surface area (Å²) in [7, 11) is 5.22. The lowest BCUT2D eigenvalue weighted by molar-refractivity contribution is -0.135. The number of benzene rings is 1. The number of hydrogen-bond donors (Lipinski definition) is 1. The largest absolute Gasteiger partial charge is 0.381 e. The van der Waals surface area contributed by atoms with Crippen molar-refractivity contribution in [3.63, 3.8) is 0 Å². The average Bonchev–Trinajstić information content (AvgIpc) is 2.06. The minimum atomic E-state index is 0.836. The van der Waals surface area contributed by atoms with E-state index in [0.717, 1.165) is 11.2 Å². The Bertz CT molecular complexity index is 235. The van der Waals surface area contributed by atoms with E-state index in [4.69, 9.17) is 5.26 Å². The van der Waals surface area contributed by atoms with Gasteiger partial charge in [-0.3, -0.25) is 5.26 Å². The molecular weight excluding hydrogens is 153 g/mol. The molecule has 0 aliphatic carbocycles. The second-order valence-electron chi connectivity index (χ2n) is 2.71. The minimum Gasteiger partial charge on any atom is -0.378 e. The van der Waals surface area contributed by atoms with Crippen LogP contribution in [-0.4, -0.2) is 26.8 Å². The molecule has 0 spiro atoms. The van der Waals surface area contributed by atoms with Crippen molar-refractivity contribution in [2.24, 2.45) is 0 Å². The predicted octanol–water partition coefficient (Wildman–Crippen LogP) is 0.487. The summed E-state index contributed by atoms with van der Waals surface area (Å²) in [4.78, 5) is 5.89. The number of anilines is 1. The molecule has 0 heterocycles. The van der Waals surface area contributed by atoms with E-state index in [0.29, 0.717) is 0 Å². The van der Waals surface area contributed by atoms with Crippen LogP contribution in [0.4, 0.5) is 5.69 Å². The monoisotopic (exact) mass is 164 g/mol. The summed E-state index contributed by atoms with van der Waals surface area (Å²) < 4.78 is 0. The molecule has 0 atom stereocenters. The van der Waals surface area contributed by atoms with Gasteiger partial charge in [0, 0.05) is 19.8 Å². The molecule has 12 heavy (non-hydrogen) atoms. The van der Waals surface area contributed by atoms with E-state index >= 15 is 0 Å². The minimum absolute atomic E-state index is 0.836. The van der Waals surface area contributed by atoms with Gasteiger partial charge < -0.3 is 9.70 Å². The van der Waals surface area contributed by atoms with Crippen LogP contribution in [0.1, 0.15) is 0 Å². The van der Waals surface area contributed by atoms with Crippen LogP contribution in [-0.2, 0) is 4.81 Å². The van der Waals surface area contributed by atoms with Gasteiger partial charge in [-0.1, -0.05) is 12.1 Å². The molecule has 0 fully saturated rings. The Kier molecular flexibility index (Phi) is 3.14. The van der Waals surface area contributed by atoms with E-state index in [1.54, 1.807) is 0 Å². The lowest BCUT2D eigenvalue weighted by atomic mass is 9.89. The van der Waals surface area contributed by atoms with Gasteiger partial charge >= 0.3 is 7.48 Å². The van der Waals surface area contributed by atoms with Crippen molar-refractivity contribution < 1.29 is 10.1 Å². The predicted molar refractivity (Wildman–Crippen MR) is 49.9 cm³/mol. The first kappa shape index (κ1) is 9.10. The van der Waals surface area contributed by atoms with Gasteiger partial charge in [-0.15, -0.1) is 0 Å². The first-order chi connectivity index (χ1) is 5.74. The molecule has 3 nitrogen and oxygen atoms in total. The Labute approximate surface area is 72.8 Å². The topological polar surface area (TPSA) is 32.7 Å². The quantitative estimate of drug-likeness (QED) is 0.400. The van der Waals surface area contributed by atoms with Crippen molar-refractivity contribution in [2.45, 2.75) is 0 Å². The maximum absolute atomic E-state index is 8.13. The van der Waals surface area contributed by atoms with Crippen LogP contribution >= 0.6 is 0 Å². The van der Waals surface area contributed by atoms with Gasteiger partial charge in [0.05, 0.1) is 0 Å². The standard InChI is InChI=1S/C8H11BNO2/c1-10(2)8-5-3-7(4-6-8)9-12-11/h3-6,11H,1-2H3. The normalized spacial score (nSPS) is 9.58. The zero-order valence-corrected chi connectivity index (χ0v) is 7.19. The zero-order valence-electron chi connectivity index (χ0n) is 7.19. The SMILES string of the molecule is CN(C)c1ccc([B]OO)cc1. The summed E-state index contributed by atoms with van der Waals surface area (Å²) in [6.07, 6.45) is 0. The van der Waals surface area contributed by atoms with Crippen LogP contribution in [0, 0.1) is 0 Å². The summed E-state index contributed by atoms with van der Waals surface area (Å²) in [5, 5.41) is 8.13. The molecule has 0 amide bonds. The Morgan fingerprint density at radius 3 is 2.25 bits per heavy atom. The van der Waals surface area contributed by atoms with Crippen molar-refractivity contribution in [1.29, 1.82) is 0 Å². The Hall–Kier alpha value is -0.995. The number of rotatable bonds is 3. The Balaban J connectivity index is 2.71.